The van der Waals surface area contributed by atoms with Crippen LogP contribution < -0.4 is 10.6 Å². The Morgan fingerprint density at radius 1 is 1.08 bits per heavy atom. The minimum absolute atomic E-state index is 0.00902. The summed E-state index contributed by atoms with van der Waals surface area (Å²) >= 11 is 0. The second-order valence-electron chi connectivity index (χ2n) is 5.37. The number of rotatable bonds is 7. The van der Waals surface area contributed by atoms with E-state index in [1.54, 1.807) is 36.5 Å². The Labute approximate surface area is 140 Å². The zero-order valence-corrected chi connectivity index (χ0v) is 13.4. The Balaban J connectivity index is 1.90. The average Bonchev–Trinajstić information content (AvgIpc) is 2.59. The molecule has 0 aliphatic rings. The lowest BCUT2D eigenvalue weighted by molar-refractivity contribution is -0.124. The van der Waals surface area contributed by atoms with E-state index in [2.05, 4.69) is 15.6 Å². The van der Waals surface area contributed by atoms with Gasteiger partial charge in [-0.1, -0.05) is 12.1 Å². The first-order chi connectivity index (χ1) is 11.5. The summed E-state index contributed by atoms with van der Waals surface area (Å²) in [7, 11) is 0. The van der Waals surface area contributed by atoms with Crippen molar-refractivity contribution in [1.82, 2.24) is 10.3 Å². The standard InChI is InChI=1S/C18H19N3O3/c1-13(22)7-8-17(23)20-11-14-4-2-6-16(10-14)21-18(24)15-5-3-9-19-12-15/h2-6,9-10,12H,7-8,11H2,1H3,(H,20,23)(H,21,24). The molecule has 2 N–H and O–H groups in total. The highest BCUT2D eigenvalue weighted by molar-refractivity contribution is 6.04. The molecule has 124 valence electrons. The van der Waals surface area contributed by atoms with Crippen LogP contribution in [0.25, 0.3) is 0 Å². The molecule has 1 aromatic carbocycles. The van der Waals surface area contributed by atoms with E-state index >= 15 is 0 Å². The SMILES string of the molecule is CC(=O)CCC(=O)NCc1cccc(NC(=O)c2cccnc2)c1. The maximum atomic E-state index is 12.1. The number of nitrogens with one attached hydrogen (secondary N) is 2. The van der Waals surface area contributed by atoms with Gasteiger partial charge in [0.05, 0.1) is 5.56 Å². The van der Waals surface area contributed by atoms with Crippen LogP contribution in [0.1, 0.15) is 35.7 Å². The first-order valence-electron chi connectivity index (χ1n) is 7.61. The van der Waals surface area contributed by atoms with Gasteiger partial charge in [-0.15, -0.1) is 0 Å². The highest BCUT2D eigenvalue weighted by Crippen LogP contribution is 2.12. The molecule has 0 atom stereocenters. The van der Waals surface area contributed by atoms with Gasteiger partial charge in [0.1, 0.15) is 5.78 Å². The van der Waals surface area contributed by atoms with Gasteiger partial charge in [-0.05, 0) is 36.8 Å². The van der Waals surface area contributed by atoms with Gasteiger partial charge in [0.15, 0.2) is 0 Å². The lowest BCUT2D eigenvalue weighted by Crippen LogP contribution is -2.23. The van der Waals surface area contributed by atoms with Crippen LogP contribution >= 0.6 is 0 Å². The minimum Gasteiger partial charge on any atom is -0.352 e. The van der Waals surface area contributed by atoms with Crippen LogP contribution in [0.5, 0.6) is 0 Å². The van der Waals surface area contributed by atoms with Gasteiger partial charge in [0.25, 0.3) is 5.91 Å². The van der Waals surface area contributed by atoms with Crippen molar-refractivity contribution in [3.8, 4) is 0 Å². The molecule has 2 aromatic rings. The molecule has 6 nitrogen and oxygen atoms in total. The normalized spacial score (nSPS) is 10.0. The number of carbonyl (C=O) groups excluding carboxylic acids is 3. The van der Waals surface area contributed by atoms with E-state index in [9.17, 15) is 14.4 Å². The van der Waals surface area contributed by atoms with E-state index in [1.165, 1.54) is 13.1 Å². The second-order valence-corrected chi connectivity index (χ2v) is 5.37. The number of aromatic nitrogens is 1. The van der Waals surface area contributed by atoms with E-state index < -0.39 is 0 Å². The van der Waals surface area contributed by atoms with Gasteiger partial charge >= 0.3 is 0 Å². The number of pyridine rings is 1. The molecule has 0 saturated carbocycles. The molecular formula is C18H19N3O3. The molecule has 0 bridgehead atoms. The molecule has 0 spiro atoms. The minimum atomic E-state index is -0.245. The molecule has 0 unspecified atom stereocenters. The summed E-state index contributed by atoms with van der Waals surface area (Å²) < 4.78 is 0. The molecule has 0 fully saturated rings. The Bertz CT molecular complexity index is 729. The molecule has 2 rings (SSSR count). The van der Waals surface area contributed by atoms with Crippen molar-refractivity contribution in [2.24, 2.45) is 0 Å². The third kappa shape index (κ3) is 5.64. The molecule has 1 heterocycles. The number of nitrogens with zero attached hydrogens (tertiary/aromatic N) is 1. The van der Waals surface area contributed by atoms with Crippen molar-refractivity contribution < 1.29 is 14.4 Å². The van der Waals surface area contributed by atoms with Crippen LogP contribution in [0.4, 0.5) is 5.69 Å². The van der Waals surface area contributed by atoms with Gasteiger partial charge in [-0.25, -0.2) is 0 Å². The summed E-state index contributed by atoms with van der Waals surface area (Å²) in [5, 5.41) is 5.54. The third-order valence-corrected chi connectivity index (χ3v) is 3.30. The molecule has 0 aliphatic carbocycles. The van der Waals surface area contributed by atoms with Crippen LogP contribution in [-0.4, -0.2) is 22.6 Å². The fourth-order valence-corrected chi connectivity index (χ4v) is 2.04. The van der Waals surface area contributed by atoms with Crippen molar-refractivity contribution in [2.45, 2.75) is 26.3 Å². The monoisotopic (exact) mass is 325 g/mol. The van der Waals surface area contributed by atoms with Gasteiger partial charge in [-0.2, -0.15) is 0 Å². The fourth-order valence-electron chi connectivity index (χ4n) is 2.04. The number of ketones is 1. The van der Waals surface area contributed by atoms with Crippen LogP contribution in [0, 0.1) is 0 Å². The van der Waals surface area contributed by atoms with Gasteiger partial charge in [0.2, 0.25) is 5.91 Å². The van der Waals surface area contributed by atoms with E-state index in [0.29, 0.717) is 17.8 Å². The number of hydrogen-bond donors (Lipinski definition) is 2. The number of amides is 2. The average molecular weight is 325 g/mol. The van der Waals surface area contributed by atoms with E-state index in [4.69, 9.17) is 0 Å². The second kappa shape index (κ2) is 8.57. The highest BCUT2D eigenvalue weighted by atomic mass is 16.2. The third-order valence-electron chi connectivity index (χ3n) is 3.30. The molecule has 0 saturated heterocycles. The number of benzene rings is 1. The number of hydrogen-bond acceptors (Lipinski definition) is 4. The largest absolute Gasteiger partial charge is 0.352 e. The summed E-state index contributed by atoms with van der Waals surface area (Å²) in [6.45, 7) is 1.80. The lowest BCUT2D eigenvalue weighted by atomic mass is 10.1. The predicted molar refractivity (Wildman–Crippen MR) is 90.4 cm³/mol. The summed E-state index contributed by atoms with van der Waals surface area (Å²) in [5.41, 5.74) is 1.97. The Morgan fingerprint density at radius 2 is 1.92 bits per heavy atom. The van der Waals surface area contributed by atoms with Gasteiger partial charge < -0.3 is 15.4 Å². The highest BCUT2D eigenvalue weighted by Gasteiger charge is 2.07. The Hall–Kier alpha value is -3.02. The summed E-state index contributed by atoms with van der Waals surface area (Å²) in [6, 6.07) is 10.6. The first-order valence-corrected chi connectivity index (χ1v) is 7.61. The summed E-state index contributed by atoms with van der Waals surface area (Å²) in [6.07, 6.45) is 3.53. The maximum absolute atomic E-state index is 12.1. The van der Waals surface area contributed by atoms with Crippen LogP contribution in [0.3, 0.4) is 0 Å². The van der Waals surface area contributed by atoms with Crippen molar-refractivity contribution in [3.05, 3.63) is 59.9 Å². The first kappa shape index (κ1) is 17.3. The van der Waals surface area contributed by atoms with E-state index in [0.717, 1.165) is 5.56 Å². The number of carbonyl (C=O) groups is 3. The predicted octanol–water partition coefficient (Wildman–Crippen LogP) is 2.32. The fraction of sp³-hybridized carbons (Fsp3) is 0.222. The molecule has 1 aromatic heterocycles. The quantitative estimate of drug-likeness (QED) is 0.818. The number of anilines is 1. The van der Waals surface area contributed by atoms with Crippen molar-refractivity contribution in [2.75, 3.05) is 5.32 Å². The van der Waals surface area contributed by atoms with Crippen LogP contribution in [0.15, 0.2) is 48.8 Å². The van der Waals surface area contributed by atoms with Gasteiger partial charge in [0, 0.05) is 37.5 Å². The zero-order valence-electron chi connectivity index (χ0n) is 13.4. The molecule has 6 heteroatoms. The molecule has 2 amide bonds. The number of Topliss-reactive ketones (excluding diaryl/α,β-unsaturated/α-hetero) is 1. The van der Waals surface area contributed by atoms with E-state index in [1.807, 2.05) is 6.07 Å². The molecule has 0 aliphatic heterocycles. The van der Waals surface area contributed by atoms with E-state index in [-0.39, 0.29) is 30.4 Å². The maximum Gasteiger partial charge on any atom is 0.257 e. The molecular weight excluding hydrogens is 306 g/mol. The Morgan fingerprint density at radius 3 is 2.62 bits per heavy atom. The lowest BCUT2D eigenvalue weighted by Gasteiger charge is -2.08. The summed E-state index contributed by atoms with van der Waals surface area (Å²) in [5.74, 6) is -0.425. The Kier molecular flexibility index (Phi) is 6.19. The molecule has 24 heavy (non-hydrogen) atoms. The van der Waals surface area contributed by atoms with Gasteiger partial charge in [-0.3, -0.25) is 14.6 Å². The topological polar surface area (TPSA) is 88.2 Å². The molecule has 0 radical (unpaired) electrons. The van der Waals surface area contributed by atoms with Crippen molar-refractivity contribution in [3.63, 3.8) is 0 Å². The smallest absolute Gasteiger partial charge is 0.257 e. The summed E-state index contributed by atoms with van der Waals surface area (Å²) in [4.78, 5) is 38.5. The van der Waals surface area contributed by atoms with Crippen LogP contribution in [0.2, 0.25) is 0 Å². The zero-order chi connectivity index (χ0) is 17.4. The van der Waals surface area contributed by atoms with Crippen molar-refractivity contribution >= 4 is 23.3 Å². The van der Waals surface area contributed by atoms with Crippen LogP contribution in [-0.2, 0) is 16.1 Å². The van der Waals surface area contributed by atoms with Crippen molar-refractivity contribution in [1.29, 1.82) is 0 Å².